The van der Waals surface area contributed by atoms with Crippen molar-refractivity contribution >= 4 is 0 Å². The molecule has 0 bridgehead atoms. The fourth-order valence-corrected chi connectivity index (χ4v) is 3.12. The molecule has 2 heterocycles. The van der Waals surface area contributed by atoms with Crippen molar-refractivity contribution in [1.82, 2.24) is 9.97 Å². The molecule has 3 atom stereocenters. The Labute approximate surface area is 102 Å². The Hall–Kier alpha value is -0.870. The number of ether oxygens (including phenoxy) is 1. The van der Waals surface area contributed by atoms with Crippen LogP contribution in [0.4, 0.5) is 0 Å². The number of aromatic nitrogens is 2. The number of nitrogens with two attached hydrogens (primary N) is 1. The van der Waals surface area contributed by atoms with Crippen molar-refractivity contribution in [3.05, 3.63) is 17.2 Å². The highest BCUT2D eigenvalue weighted by molar-refractivity contribution is 5.23. The van der Waals surface area contributed by atoms with Gasteiger partial charge in [0.25, 0.3) is 0 Å². The second kappa shape index (κ2) is 4.42. The molecule has 4 nitrogen and oxygen atoms in total. The SMILES string of the molecule is CCC1OCCC1c1nc2c([nH]1)CCCC2N. The van der Waals surface area contributed by atoms with E-state index in [0.29, 0.717) is 12.0 Å². The van der Waals surface area contributed by atoms with Gasteiger partial charge in [-0.05, 0) is 32.1 Å². The highest BCUT2D eigenvalue weighted by atomic mass is 16.5. The van der Waals surface area contributed by atoms with E-state index in [2.05, 4.69) is 11.9 Å². The number of H-pyrrole nitrogens is 1. The van der Waals surface area contributed by atoms with Gasteiger partial charge in [-0.15, -0.1) is 0 Å². The molecule has 1 fully saturated rings. The Balaban J connectivity index is 1.89. The molecule has 0 amide bonds. The van der Waals surface area contributed by atoms with Crippen LogP contribution >= 0.6 is 0 Å². The van der Waals surface area contributed by atoms with Gasteiger partial charge in [0.2, 0.25) is 0 Å². The second-order valence-corrected chi connectivity index (χ2v) is 5.20. The van der Waals surface area contributed by atoms with Gasteiger partial charge in [0, 0.05) is 24.3 Å². The minimum absolute atomic E-state index is 0.131. The number of nitrogens with zero attached hydrogens (tertiary/aromatic N) is 1. The Bertz CT molecular complexity index is 401. The lowest BCUT2D eigenvalue weighted by molar-refractivity contribution is 0.0995. The molecule has 3 N–H and O–H groups in total. The molecule has 0 spiro atoms. The average molecular weight is 235 g/mol. The summed E-state index contributed by atoms with van der Waals surface area (Å²) in [4.78, 5) is 8.25. The minimum atomic E-state index is 0.131. The number of aromatic amines is 1. The van der Waals surface area contributed by atoms with Gasteiger partial charge in [0.15, 0.2) is 0 Å². The van der Waals surface area contributed by atoms with E-state index in [1.165, 1.54) is 12.1 Å². The van der Waals surface area contributed by atoms with E-state index in [4.69, 9.17) is 15.5 Å². The van der Waals surface area contributed by atoms with Crippen molar-refractivity contribution in [1.29, 1.82) is 0 Å². The standard InChI is InChI=1S/C13H21N3O/c1-2-11-8(6-7-17-11)13-15-10-5-3-4-9(14)12(10)16-13/h8-9,11H,2-7,14H2,1H3,(H,15,16). The van der Waals surface area contributed by atoms with Crippen molar-refractivity contribution in [2.45, 2.75) is 57.1 Å². The van der Waals surface area contributed by atoms with E-state index in [0.717, 1.165) is 43.8 Å². The lowest BCUT2D eigenvalue weighted by Gasteiger charge is -2.15. The number of hydrogen-bond donors (Lipinski definition) is 2. The summed E-state index contributed by atoms with van der Waals surface area (Å²) in [5.41, 5.74) is 8.48. The van der Waals surface area contributed by atoms with Crippen LogP contribution in [-0.2, 0) is 11.2 Å². The van der Waals surface area contributed by atoms with Crippen LogP contribution in [-0.4, -0.2) is 22.7 Å². The summed E-state index contributed by atoms with van der Waals surface area (Å²) in [7, 11) is 0. The zero-order valence-corrected chi connectivity index (χ0v) is 10.4. The zero-order chi connectivity index (χ0) is 11.8. The van der Waals surface area contributed by atoms with Crippen molar-refractivity contribution in [3.63, 3.8) is 0 Å². The molecule has 3 unspecified atom stereocenters. The van der Waals surface area contributed by atoms with E-state index in [1.807, 2.05) is 0 Å². The molecule has 1 aliphatic heterocycles. The number of aryl methyl sites for hydroxylation is 1. The summed E-state index contributed by atoms with van der Waals surface area (Å²) in [6.07, 6.45) is 5.81. The molecule has 1 saturated heterocycles. The minimum Gasteiger partial charge on any atom is -0.377 e. The van der Waals surface area contributed by atoms with E-state index >= 15 is 0 Å². The highest BCUT2D eigenvalue weighted by Crippen LogP contribution is 2.34. The lowest BCUT2D eigenvalue weighted by atomic mass is 9.97. The molecule has 17 heavy (non-hydrogen) atoms. The largest absolute Gasteiger partial charge is 0.377 e. The highest BCUT2D eigenvalue weighted by Gasteiger charge is 2.32. The maximum absolute atomic E-state index is 6.11. The first-order chi connectivity index (χ1) is 8.29. The van der Waals surface area contributed by atoms with Gasteiger partial charge in [-0.2, -0.15) is 0 Å². The van der Waals surface area contributed by atoms with Crippen LogP contribution in [0.1, 0.15) is 61.8 Å². The fourth-order valence-electron chi connectivity index (χ4n) is 3.12. The number of fused-ring (bicyclic) bond motifs is 1. The van der Waals surface area contributed by atoms with Crippen molar-refractivity contribution in [3.8, 4) is 0 Å². The molecule has 1 aliphatic carbocycles. The van der Waals surface area contributed by atoms with E-state index in [-0.39, 0.29) is 6.04 Å². The van der Waals surface area contributed by atoms with E-state index < -0.39 is 0 Å². The number of rotatable bonds is 2. The maximum atomic E-state index is 6.11. The van der Waals surface area contributed by atoms with Gasteiger partial charge in [-0.25, -0.2) is 4.98 Å². The van der Waals surface area contributed by atoms with Crippen LogP contribution in [0.5, 0.6) is 0 Å². The monoisotopic (exact) mass is 235 g/mol. The van der Waals surface area contributed by atoms with Crippen LogP contribution in [0.25, 0.3) is 0 Å². The summed E-state index contributed by atoms with van der Waals surface area (Å²) in [5.74, 6) is 1.55. The molecule has 1 aromatic heterocycles. The van der Waals surface area contributed by atoms with Crippen LogP contribution < -0.4 is 5.73 Å². The third-order valence-electron chi connectivity index (χ3n) is 4.09. The number of nitrogens with one attached hydrogen (secondary N) is 1. The van der Waals surface area contributed by atoms with Crippen molar-refractivity contribution < 1.29 is 4.74 Å². The second-order valence-electron chi connectivity index (χ2n) is 5.20. The Morgan fingerprint density at radius 3 is 3.12 bits per heavy atom. The molecule has 2 aliphatic rings. The first kappa shape index (κ1) is 11.2. The summed E-state index contributed by atoms with van der Waals surface area (Å²) < 4.78 is 5.74. The zero-order valence-electron chi connectivity index (χ0n) is 10.4. The van der Waals surface area contributed by atoms with Crippen LogP contribution in [0, 0.1) is 0 Å². The molecular formula is C13H21N3O. The maximum Gasteiger partial charge on any atom is 0.112 e. The predicted octanol–water partition coefficient (Wildman–Crippen LogP) is 2.03. The van der Waals surface area contributed by atoms with Gasteiger partial charge in [0.1, 0.15) is 5.82 Å². The smallest absolute Gasteiger partial charge is 0.112 e. The molecule has 0 saturated carbocycles. The first-order valence-electron chi connectivity index (χ1n) is 6.75. The summed E-state index contributed by atoms with van der Waals surface area (Å²) in [6.45, 7) is 3.04. The van der Waals surface area contributed by atoms with Gasteiger partial charge in [0.05, 0.1) is 11.8 Å². The van der Waals surface area contributed by atoms with E-state index in [1.54, 1.807) is 0 Å². The Morgan fingerprint density at radius 1 is 1.47 bits per heavy atom. The van der Waals surface area contributed by atoms with Crippen LogP contribution in [0.3, 0.4) is 0 Å². The third-order valence-corrected chi connectivity index (χ3v) is 4.09. The van der Waals surface area contributed by atoms with Crippen molar-refractivity contribution in [2.24, 2.45) is 5.73 Å². The molecule has 0 aromatic carbocycles. The van der Waals surface area contributed by atoms with E-state index in [9.17, 15) is 0 Å². The van der Waals surface area contributed by atoms with Gasteiger partial charge in [-0.3, -0.25) is 0 Å². The van der Waals surface area contributed by atoms with Crippen molar-refractivity contribution in [2.75, 3.05) is 6.61 Å². The molecular weight excluding hydrogens is 214 g/mol. The summed E-state index contributed by atoms with van der Waals surface area (Å²) in [5, 5.41) is 0. The normalized spacial score (nSPS) is 32.7. The fraction of sp³-hybridized carbons (Fsp3) is 0.769. The quantitative estimate of drug-likeness (QED) is 0.824. The topological polar surface area (TPSA) is 63.9 Å². The summed E-state index contributed by atoms with van der Waals surface area (Å²) in [6, 6.07) is 0.131. The van der Waals surface area contributed by atoms with Gasteiger partial charge < -0.3 is 15.5 Å². The van der Waals surface area contributed by atoms with Crippen LogP contribution in [0.2, 0.25) is 0 Å². The predicted molar refractivity (Wildman–Crippen MR) is 65.8 cm³/mol. The third kappa shape index (κ3) is 1.89. The lowest BCUT2D eigenvalue weighted by Crippen LogP contribution is -2.17. The summed E-state index contributed by atoms with van der Waals surface area (Å²) >= 11 is 0. The van der Waals surface area contributed by atoms with Gasteiger partial charge in [-0.1, -0.05) is 6.92 Å². The van der Waals surface area contributed by atoms with Gasteiger partial charge >= 0.3 is 0 Å². The number of imidazole rings is 1. The molecule has 0 radical (unpaired) electrons. The Kier molecular flexibility index (Phi) is 2.92. The average Bonchev–Trinajstić information content (AvgIpc) is 2.94. The number of hydrogen-bond acceptors (Lipinski definition) is 3. The Morgan fingerprint density at radius 2 is 2.35 bits per heavy atom. The molecule has 3 rings (SSSR count). The molecule has 94 valence electrons. The molecule has 1 aromatic rings. The molecule has 4 heteroatoms. The first-order valence-corrected chi connectivity index (χ1v) is 6.75. The van der Waals surface area contributed by atoms with Crippen LogP contribution in [0.15, 0.2) is 0 Å².